The van der Waals surface area contributed by atoms with Crippen LogP contribution in [0.5, 0.6) is 0 Å². The third-order valence-electron chi connectivity index (χ3n) is 1.23. The Morgan fingerprint density at radius 2 is 2.64 bits per heavy atom. The van der Waals surface area contributed by atoms with Crippen molar-refractivity contribution in [2.75, 3.05) is 23.9 Å². The number of nitrogens with one attached hydrogen (secondary N) is 1. The van der Waals surface area contributed by atoms with Gasteiger partial charge in [-0.3, -0.25) is 0 Å². The molecule has 0 bridgehead atoms. The Hall–Kier alpha value is -0.220. The Morgan fingerprint density at radius 3 is 3.27 bits per heavy atom. The van der Waals surface area contributed by atoms with Gasteiger partial charge in [-0.15, -0.1) is 11.3 Å². The Morgan fingerprint density at radius 1 is 1.73 bits per heavy atom. The highest BCUT2D eigenvalue weighted by Crippen LogP contribution is 2.09. The molecule has 11 heavy (non-hydrogen) atoms. The maximum Gasteiger partial charge on any atom is 0.182 e. The van der Waals surface area contributed by atoms with Crippen LogP contribution in [0.1, 0.15) is 6.42 Å². The third-order valence-corrected chi connectivity index (χ3v) is 2.66. The molecule has 0 aliphatic carbocycles. The molecule has 1 aromatic heterocycles. The van der Waals surface area contributed by atoms with Gasteiger partial charge in [0.25, 0.3) is 0 Å². The fourth-order valence-electron chi connectivity index (χ4n) is 0.723. The van der Waals surface area contributed by atoms with Gasteiger partial charge in [0.2, 0.25) is 0 Å². The molecule has 1 N–H and O–H groups in total. The van der Waals surface area contributed by atoms with Crippen LogP contribution in [0.25, 0.3) is 0 Å². The van der Waals surface area contributed by atoms with E-state index in [2.05, 4.69) is 16.6 Å². The van der Waals surface area contributed by atoms with Crippen LogP contribution in [-0.2, 0) is 0 Å². The van der Waals surface area contributed by atoms with E-state index < -0.39 is 0 Å². The molecule has 0 saturated heterocycles. The van der Waals surface area contributed by atoms with Gasteiger partial charge in [0.15, 0.2) is 5.13 Å². The Kier molecular flexibility index (Phi) is 4.38. The molecule has 0 spiro atoms. The normalized spacial score (nSPS) is 9.91. The van der Waals surface area contributed by atoms with Crippen molar-refractivity contribution in [3.8, 4) is 0 Å². The first-order valence-corrected chi connectivity index (χ1v) is 5.83. The van der Waals surface area contributed by atoms with Crippen LogP contribution in [0.4, 0.5) is 5.13 Å². The SMILES string of the molecule is CSCCCNc1nccs1. The zero-order valence-corrected chi connectivity index (χ0v) is 8.17. The van der Waals surface area contributed by atoms with Crippen molar-refractivity contribution in [3.05, 3.63) is 11.6 Å². The van der Waals surface area contributed by atoms with Crippen molar-refractivity contribution in [3.63, 3.8) is 0 Å². The van der Waals surface area contributed by atoms with Gasteiger partial charge in [-0.1, -0.05) is 0 Å². The molecule has 0 aliphatic rings. The lowest BCUT2D eigenvalue weighted by molar-refractivity contribution is 0.989. The minimum absolute atomic E-state index is 1.03. The molecule has 62 valence electrons. The van der Waals surface area contributed by atoms with Crippen LogP contribution >= 0.6 is 23.1 Å². The van der Waals surface area contributed by atoms with Crippen LogP contribution in [0.3, 0.4) is 0 Å². The molecule has 0 aromatic carbocycles. The van der Waals surface area contributed by atoms with E-state index in [1.165, 1.54) is 12.2 Å². The number of rotatable bonds is 5. The first-order chi connectivity index (χ1) is 5.43. The largest absolute Gasteiger partial charge is 0.361 e. The van der Waals surface area contributed by atoms with Gasteiger partial charge in [-0.2, -0.15) is 11.8 Å². The molecule has 0 radical (unpaired) electrons. The van der Waals surface area contributed by atoms with E-state index in [0.717, 1.165) is 11.7 Å². The number of thioether (sulfide) groups is 1. The van der Waals surface area contributed by atoms with Gasteiger partial charge in [-0.05, 0) is 18.4 Å². The second kappa shape index (κ2) is 5.43. The van der Waals surface area contributed by atoms with Crippen LogP contribution in [0, 0.1) is 0 Å². The molecule has 0 amide bonds. The summed E-state index contributed by atoms with van der Waals surface area (Å²) in [4.78, 5) is 4.11. The lowest BCUT2D eigenvalue weighted by Gasteiger charge is -1.99. The number of hydrogen-bond donors (Lipinski definition) is 1. The highest BCUT2D eigenvalue weighted by molar-refractivity contribution is 7.98. The highest BCUT2D eigenvalue weighted by atomic mass is 32.2. The van der Waals surface area contributed by atoms with Crippen molar-refractivity contribution in [2.24, 2.45) is 0 Å². The summed E-state index contributed by atoms with van der Waals surface area (Å²) in [5, 5.41) is 6.27. The number of thiazole rings is 1. The lowest BCUT2D eigenvalue weighted by Crippen LogP contribution is -2.01. The molecule has 0 fully saturated rings. The molecular weight excluding hydrogens is 176 g/mol. The van der Waals surface area contributed by atoms with Gasteiger partial charge in [0, 0.05) is 18.1 Å². The number of aromatic nitrogens is 1. The summed E-state index contributed by atoms with van der Waals surface area (Å²) in [5.41, 5.74) is 0. The van der Waals surface area contributed by atoms with Crippen LogP contribution in [-0.4, -0.2) is 23.5 Å². The maximum atomic E-state index is 4.11. The average Bonchev–Trinajstić information content (AvgIpc) is 2.50. The molecule has 0 atom stereocenters. The molecule has 1 heterocycles. The zero-order chi connectivity index (χ0) is 7.94. The summed E-state index contributed by atoms with van der Waals surface area (Å²) in [7, 11) is 0. The van der Waals surface area contributed by atoms with Crippen molar-refractivity contribution in [1.29, 1.82) is 0 Å². The monoisotopic (exact) mass is 188 g/mol. The van der Waals surface area contributed by atoms with Gasteiger partial charge in [0.1, 0.15) is 0 Å². The molecule has 1 rings (SSSR count). The summed E-state index contributed by atoms with van der Waals surface area (Å²) in [5.74, 6) is 1.22. The number of hydrogen-bond acceptors (Lipinski definition) is 4. The number of nitrogens with zero attached hydrogens (tertiary/aromatic N) is 1. The van der Waals surface area contributed by atoms with Gasteiger partial charge in [-0.25, -0.2) is 4.98 Å². The molecule has 4 heteroatoms. The van der Waals surface area contributed by atoms with Crippen LogP contribution in [0.2, 0.25) is 0 Å². The second-order valence-corrected chi connectivity index (χ2v) is 3.99. The minimum atomic E-state index is 1.03. The zero-order valence-electron chi connectivity index (χ0n) is 6.54. The van der Waals surface area contributed by atoms with E-state index in [4.69, 9.17) is 0 Å². The Bertz CT molecular complexity index is 175. The fraction of sp³-hybridized carbons (Fsp3) is 0.571. The van der Waals surface area contributed by atoms with E-state index in [1.807, 2.05) is 23.3 Å². The molecule has 2 nitrogen and oxygen atoms in total. The van der Waals surface area contributed by atoms with E-state index in [9.17, 15) is 0 Å². The summed E-state index contributed by atoms with van der Waals surface area (Å²) in [6, 6.07) is 0. The van der Waals surface area contributed by atoms with Crippen molar-refractivity contribution >= 4 is 28.2 Å². The minimum Gasteiger partial charge on any atom is -0.361 e. The van der Waals surface area contributed by atoms with Crippen molar-refractivity contribution < 1.29 is 0 Å². The Labute approximate surface area is 75.4 Å². The Balaban J connectivity index is 2.04. The predicted molar refractivity (Wildman–Crippen MR) is 53.6 cm³/mol. The van der Waals surface area contributed by atoms with E-state index >= 15 is 0 Å². The summed E-state index contributed by atoms with van der Waals surface area (Å²) in [6.07, 6.45) is 5.16. The standard InChI is InChI=1S/C7H12N2S2/c1-10-5-2-3-8-7-9-4-6-11-7/h4,6H,2-3,5H2,1H3,(H,8,9). The first-order valence-electron chi connectivity index (χ1n) is 3.56. The summed E-state index contributed by atoms with van der Waals surface area (Å²) in [6.45, 7) is 1.04. The maximum absolute atomic E-state index is 4.11. The quantitative estimate of drug-likeness (QED) is 0.718. The first kappa shape index (κ1) is 8.87. The van der Waals surface area contributed by atoms with Crippen molar-refractivity contribution in [2.45, 2.75) is 6.42 Å². The molecule has 0 aliphatic heterocycles. The molecule has 0 unspecified atom stereocenters. The fourth-order valence-corrected chi connectivity index (χ4v) is 1.71. The average molecular weight is 188 g/mol. The summed E-state index contributed by atoms with van der Waals surface area (Å²) < 4.78 is 0. The van der Waals surface area contributed by atoms with Crippen molar-refractivity contribution in [1.82, 2.24) is 4.98 Å². The van der Waals surface area contributed by atoms with Gasteiger partial charge >= 0.3 is 0 Å². The van der Waals surface area contributed by atoms with Crippen LogP contribution in [0.15, 0.2) is 11.6 Å². The second-order valence-electron chi connectivity index (χ2n) is 2.11. The molecular formula is C7H12N2S2. The molecule has 1 aromatic rings. The predicted octanol–water partition coefficient (Wildman–Crippen LogP) is 2.31. The molecule has 0 saturated carbocycles. The highest BCUT2D eigenvalue weighted by Gasteiger charge is 1.91. The van der Waals surface area contributed by atoms with E-state index in [0.29, 0.717) is 0 Å². The number of anilines is 1. The van der Waals surface area contributed by atoms with Gasteiger partial charge in [0.05, 0.1) is 0 Å². The smallest absolute Gasteiger partial charge is 0.182 e. The van der Waals surface area contributed by atoms with E-state index in [1.54, 1.807) is 11.3 Å². The van der Waals surface area contributed by atoms with Crippen LogP contribution < -0.4 is 5.32 Å². The topological polar surface area (TPSA) is 24.9 Å². The third kappa shape index (κ3) is 3.62. The summed E-state index contributed by atoms with van der Waals surface area (Å²) >= 11 is 3.53. The lowest BCUT2D eigenvalue weighted by atomic mass is 10.5. The van der Waals surface area contributed by atoms with Gasteiger partial charge < -0.3 is 5.32 Å². The van der Waals surface area contributed by atoms with E-state index in [-0.39, 0.29) is 0 Å².